The number of carboxylic acids is 1. The van der Waals surface area contributed by atoms with Gasteiger partial charge < -0.3 is 9.67 Å². The topological polar surface area (TPSA) is 55.1 Å². The molecule has 0 bridgehead atoms. The lowest BCUT2D eigenvalue weighted by Gasteiger charge is -2.06. The molecule has 5 heteroatoms. The van der Waals surface area contributed by atoms with Crippen molar-refractivity contribution in [1.29, 1.82) is 0 Å². The molecule has 2 heterocycles. The summed E-state index contributed by atoms with van der Waals surface area (Å²) in [4.78, 5) is 15.9. The molecule has 3 rings (SSSR count). The smallest absolute Gasteiger partial charge is 0.337 e. The van der Waals surface area contributed by atoms with Crippen LogP contribution in [0.2, 0.25) is 0 Å². The van der Waals surface area contributed by atoms with Crippen molar-refractivity contribution in [2.24, 2.45) is 0 Å². The van der Waals surface area contributed by atoms with Gasteiger partial charge in [0.05, 0.1) is 28.3 Å². The average Bonchev–Trinajstić information content (AvgIpc) is 3.06. The summed E-state index contributed by atoms with van der Waals surface area (Å²) in [6.07, 6.45) is 2.85. The van der Waals surface area contributed by atoms with Gasteiger partial charge in [0.2, 0.25) is 0 Å². The standard InChI is InChI=1S/C15H14N2O2S/c1-2-13-16-11(9-20-13)8-17-7-6-10-4-3-5-12(14(10)17)15(18)19/h3-7,9H,2,8H2,1H3,(H,18,19). The van der Waals surface area contributed by atoms with E-state index in [2.05, 4.69) is 11.9 Å². The SMILES string of the molecule is CCc1nc(Cn2ccc3cccc(C(=O)O)c32)cs1. The van der Waals surface area contributed by atoms with Crippen molar-refractivity contribution in [1.82, 2.24) is 9.55 Å². The zero-order valence-electron chi connectivity index (χ0n) is 11.0. The van der Waals surface area contributed by atoms with Crippen LogP contribution < -0.4 is 0 Å². The summed E-state index contributed by atoms with van der Waals surface area (Å²) >= 11 is 1.65. The van der Waals surface area contributed by atoms with E-state index in [1.54, 1.807) is 23.5 Å². The first-order chi connectivity index (χ1) is 9.69. The number of para-hydroxylation sites is 1. The van der Waals surface area contributed by atoms with Crippen molar-refractivity contribution < 1.29 is 9.90 Å². The summed E-state index contributed by atoms with van der Waals surface area (Å²) in [5.41, 5.74) is 2.06. The Morgan fingerprint density at radius 3 is 2.95 bits per heavy atom. The third kappa shape index (κ3) is 2.20. The molecule has 0 saturated heterocycles. The van der Waals surface area contributed by atoms with Crippen LogP contribution in [0, 0.1) is 0 Å². The maximum absolute atomic E-state index is 11.3. The molecule has 0 aliphatic rings. The average molecular weight is 286 g/mol. The Kier molecular flexibility index (Phi) is 3.28. The molecule has 4 nitrogen and oxygen atoms in total. The van der Waals surface area contributed by atoms with Gasteiger partial charge in [0.25, 0.3) is 0 Å². The van der Waals surface area contributed by atoms with E-state index in [-0.39, 0.29) is 0 Å². The monoisotopic (exact) mass is 286 g/mol. The van der Waals surface area contributed by atoms with Crippen molar-refractivity contribution in [3.05, 3.63) is 52.1 Å². The van der Waals surface area contributed by atoms with Crippen molar-refractivity contribution in [3.8, 4) is 0 Å². The van der Waals surface area contributed by atoms with Crippen LogP contribution in [0.5, 0.6) is 0 Å². The molecule has 102 valence electrons. The van der Waals surface area contributed by atoms with E-state index in [0.717, 1.165) is 28.0 Å². The van der Waals surface area contributed by atoms with Gasteiger partial charge in [0, 0.05) is 17.0 Å². The summed E-state index contributed by atoms with van der Waals surface area (Å²) in [5.74, 6) is -0.900. The number of hydrogen-bond donors (Lipinski definition) is 1. The first-order valence-electron chi connectivity index (χ1n) is 6.43. The van der Waals surface area contributed by atoms with Crippen LogP contribution in [-0.2, 0) is 13.0 Å². The van der Waals surface area contributed by atoms with Gasteiger partial charge >= 0.3 is 5.97 Å². The number of thiazole rings is 1. The van der Waals surface area contributed by atoms with E-state index in [0.29, 0.717) is 12.1 Å². The molecule has 0 aliphatic heterocycles. The minimum Gasteiger partial charge on any atom is -0.478 e. The second kappa shape index (κ2) is 5.09. The van der Waals surface area contributed by atoms with Crippen molar-refractivity contribution in [2.75, 3.05) is 0 Å². The van der Waals surface area contributed by atoms with Crippen LogP contribution >= 0.6 is 11.3 Å². The molecule has 20 heavy (non-hydrogen) atoms. The Bertz CT molecular complexity index is 773. The Balaban J connectivity index is 2.05. The molecule has 0 unspecified atom stereocenters. The number of rotatable bonds is 4. The van der Waals surface area contributed by atoms with Crippen LogP contribution in [-0.4, -0.2) is 20.6 Å². The molecule has 2 aromatic heterocycles. The quantitative estimate of drug-likeness (QED) is 0.799. The van der Waals surface area contributed by atoms with Crippen LogP contribution in [0.1, 0.15) is 28.0 Å². The number of aromatic nitrogens is 2. The van der Waals surface area contributed by atoms with Gasteiger partial charge in [-0.25, -0.2) is 9.78 Å². The lowest BCUT2D eigenvalue weighted by atomic mass is 10.1. The number of hydrogen-bond acceptors (Lipinski definition) is 3. The zero-order chi connectivity index (χ0) is 14.1. The number of carbonyl (C=O) groups is 1. The third-order valence-electron chi connectivity index (χ3n) is 3.25. The molecule has 0 saturated carbocycles. The van der Waals surface area contributed by atoms with Gasteiger partial charge in [-0.05, 0) is 18.6 Å². The van der Waals surface area contributed by atoms with Crippen LogP contribution in [0.25, 0.3) is 10.9 Å². The van der Waals surface area contributed by atoms with Gasteiger partial charge in [0.15, 0.2) is 0 Å². The van der Waals surface area contributed by atoms with E-state index in [1.165, 1.54) is 0 Å². The molecular weight excluding hydrogens is 272 g/mol. The predicted molar refractivity (Wildman–Crippen MR) is 79.5 cm³/mol. The molecule has 0 atom stereocenters. The molecular formula is C15H14N2O2S. The Labute approximate surface area is 120 Å². The molecule has 0 amide bonds. The highest BCUT2D eigenvalue weighted by Crippen LogP contribution is 2.22. The van der Waals surface area contributed by atoms with Gasteiger partial charge in [-0.1, -0.05) is 19.1 Å². The maximum Gasteiger partial charge on any atom is 0.337 e. The minimum atomic E-state index is -0.900. The number of fused-ring (bicyclic) bond motifs is 1. The fraction of sp³-hybridized carbons (Fsp3) is 0.200. The van der Waals surface area contributed by atoms with E-state index < -0.39 is 5.97 Å². The highest BCUT2D eigenvalue weighted by molar-refractivity contribution is 7.09. The van der Waals surface area contributed by atoms with Crippen LogP contribution in [0.15, 0.2) is 35.8 Å². The largest absolute Gasteiger partial charge is 0.478 e. The lowest BCUT2D eigenvalue weighted by Crippen LogP contribution is -2.04. The van der Waals surface area contributed by atoms with E-state index >= 15 is 0 Å². The van der Waals surface area contributed by atoms with E-state index in [4.69, 9.17) is 0 Å². The van der Waals surface area contributed by atoms with Gasteiger partial charge in [-0.15, -0.1) is 11.3 Å². The second-order valence-electron chi connectivity index (χ2n) is 4.58. The summed E-state index contributed by atoms with van der Waals surface area (Å²) in [7, 11) is 0. The number of nitrogens with zero attached hydrogens (tertiary/aromatic N) is 2. The Morgan fingerprint density at radius 1 is 1.40 bits per heavy atom. The van der Waals surface area contributed by atoms with Crippen LogP contribution in [0.3, 0.4) is 0 Å². The normalized spacial score (nSPS) is 11.1. The molecule has 1 aromatic carbocycles. The molecule has 0 fully saturated rings. The number of aromatic carboxylic acids is 1. The summed E-state index contributed by atoms with van der Waals surface area (Å²) in [6, 6.07) is 7.28. The first-order valence-corrected chi connectivity index (χ1v) is 7.31. The Hall–Kier alpha value is -2.14. The third-order valence-corrected chi connectivity index (χ3v) is 4.29. The minimum absolute atomic E-state index is 0.332. The fourth-order valence-corrected chi connectivity index (χ4v) is 3.06. The van der Waals surface area contributed by atoms with Gasteiger partial charge in [-0.3, -0.25) is 0 Å². The number of benzene rings is 1. The molecule has 1 N–H and O–H groups in total. The molecule has 0 aliphatic carbocycles. The number of aryl methyl sites for hydroxylation is 1. The lowest BCUT2D eigenvalue weighted by molar-refractivity contribution is 0.0698. The van der Waals surface area contributed by atoms with Crippen molar-refractivity contribution in [2.45, 2.75) is 19.9 Å². The fourth-order valence-electron chi connectivity index (χ4n) is 2.32. The van der Waals surface area contributed by atoms with Crippen molar-refractivity contribution >= 4 is 28.2 Å². The molecule has 3 aromatic rings. The highest BCUT2D eigenvalue weighted by Gasteiger charge is 2.13. The summed E-state index contributed by atoms with van der Waals surface area (Å²) in [6.45, 7) is 2.68. The summed E-state index contributed by atoms with van der Waals surface area (Å²) in [5, 5.41) is 13.4. The molecule has 0 radical (unpaired) electrons. The zero-order valence-corrected chi connectivity index (χ0v) is 11.9. The second-order valence-corrected chi connectivity index (χ2v) is 5.52. The van der Waals surface area contributed by atoms with Gasteiger partial charge in [-0.2, -0.15) is 0 Å². The van der Waals surface area contributed by atoms with Gasteiger partial charge in [0.1, 0.15) is 0 Å². The summed E-state index contributed by atoms with van der Waals surface area (Å²) < 4.78 is 1.95. The maximum atomic E-state index is 11.3. The Morgan fingerprint density at radius 2 is 2.25 bits per heavy atom. The van der Waals surface area contributed by atoms with E-state index in [1.807, 2.05) is 28.3 Å². The molecule has 0 spiro atoms. The number of carboxylic acid groups (broad SMARTS) is 1. The first kappa shape index (κ1) is 12.9. The van der Waals surface area contributed by atoms with Crippen molar-refractivity contribution in [3.63, 3.8) is 0 Å². The van der Waals surface area contributed by atoms with E-state index in [9.17, 15) is 9.90 Å². The predicted octanol–water partition coefficient (Wildman–Crippen LogP) is 3.41. The van der Waals surface area contributed by atoms with Crippen LogP contribution in [0.4, 0.5) is 0 Å². The highest BCUT2D eigenvalue weighted by atomic mass is 32.1.